The third-order valence-corrected chi connectivity index (χ3v) is 5.36. The zero-order valence-corrected chi connectivity index (χ0v) is 14.7. The van der Waals surface area contributed by atoms with Crippen LogP contribution in [0.5, 0.6) is 0 Å². The van der Waals surface area contributed by atoms with Crippen molar-refractivity contribution in [3.05, 3.63) is 37.7 Å². The molecule has 1 aliphatic heterocycles. The number of carbonyl (C=O) groups is 1. The molecule has 6 nitrogen and oxygen atoms in total. The highest BCUT2D eigenvalue weighted by Crippen LogP contribution is 2.29. The molecule has 0 spiro atoms. The Morgan fingerprint density at radius 1 is 1.32 bits per heavy atom. The minimum absolute atomic E-state index is 0.167. The zero-order chi connectivity index (χ0) is 18.4. The van der Waals surface area contributed by atoms with Crippen molar-refractivity contribution in [3.63, 3.8) is 0 Å². The van der Waals surface area contributed by atoms with Crippen LogP contribution in [-0.2, 0) is 13.2 Å². The summed E-state index contributed by atoms with van der Waals surface area (Å²) in [5, 5.41) is 3.46. The van der Waals surface area contributed by atoms with Gasteiger partial charge in [-0.2, -0.15) is 13.2 Å². The lowest BCUT2D eigenvalue weighted by atomic mass is 10.1. The van der Waals surface area contributed by atoms with Crippen LogP contribution in [0.15, 0.2) is 16.9 Å². The number of halogens is 4. The fourth-order valence-electron chi connectivity index (χ4n) is 2.84. The van der Waals surface area contributed by atoms with Gasteiger partial charge in [-0.1, -0.05) is 11.6 Å². The molecule has 0 bridgehead atoms. The Labute approximate surface area is 149 Å². The van der Waals surface area contributed by atoms with Crippen molar-refractivity contribution in [2.24, 2.45) is 7.05 Å². The average molecular weight is 395 g/mol. The Balaban J connectivity index is 1.73. The highest BCUT2D eigenvalue weighted by atomic mass is 35.5. The van der Waals surface area contributed by atoms with E-state index in [1.807, 2.05) is 0 Å². The Hall–Kier alpha value is -1.81. The molecule has 0 N–H and O–H groups in total. The van der Waals surface area contributed by atoms with E-state index in [0.717, 1.165) is 11.7 Å². The first-order valence-corrected chi connectivity index (χ1v) is 8.65. The molecule has 0 saturated carbocycles. The number of hydrogen-bond donors (Lipinski definition) is 0. The van der Waals surface area contributed by atoms with Gasteiger partial charge in [-0.25, -0.2) is 9.48 Å². The number of carbonyl (C=O) groups excluding carboxylic acids is 1. The van der Waals surface area contributed by atoms with Gasteiger partial charge in [0.2, 0.25) is 5.82 Å². The van der Waals surface area contributed by atoms with Gasteiger partial charge in [0.1, 0.15) is 0 Å². The number of likely N-dealkylation sites (tertiary alicyclic amines) is 1. The summed E-state index contributed by atoms with van der Waals surface area (Å²) in [5.41, 5.74) is -0.804. The minimum atomic E-state index is -4.69. The second kappa shape index (κ2) is 6.49. The number of thiophene rings is 1. The van der Waals surface area contributed by atoms with E-state index in [4.69, 9.17) is 11.6 Å². The first-order valence-electron chi connectivity index (χ1n) is 7.46. The molecule has 0 atom stereocenters. The van der Waals surface area contributed by atoms with E-state index in [1.54, 1.807) is 17.0 Å². The predicted octanol–water partition coefficient (Wildman–Crippen LogP) is 2.79. The van der Waals surface area contributed by atoms with E-state index in [9.17, 15) is 22.8 Å². The SMILES string of the molecule is Cn1c(C(F)(F)F)nn(C2CCN(C(=O)c3ccc(Cl)s3)CC2)c1=O. The Kier molecular flexibility index (Phi) is 4.67. The van der Waals surface area contributed by atoms with Gasteiger partial charge < -0.3 is 4.90 Å². The predicted molar refractivity (Wildman–Crippen MR) is 86.0 cm³/mol. The van der Waals surface area contributed by atoms with Crippen LogP contribution < -0.4 is 5.69 Å². The number of alkyl halides is 3. The molecule has 1 aliphatic rings. The molecule has 25 heavy (non-hydrogen) atoms. The number of nitrogens with zero attached hydrogens (tertiary/aromatic N) is 4. The molecule has 1 fully saturated rings. The Bertz CT molecular complexity index is 849. The summed E-state index contributed by atoms with van der Waals surface area (Å²) in [7, 11) is 1.05. The van der Waals surface area contributed by atoms with E-state index >= 15 is 0 Å². The maximum Gasteiger partial charge on any atom is 0.451 e. The standard InChI is InChI=1S/C14H14ClF3N4O2S/c1-20-12(14(16,17)18)19-22(13(20)24)8-4-6-21(7-5-8)11(23)9-2-3-10(15)25-9/h2-3,8H,4-7H2,1H3. The van der Waals surface area contributed by atoms with Crippen molar-refractivity contribution in [2.75, 3.05) is 13.1 Å². The summed E-state index contributed by atoms with van der Waals surface area (Å²) in [5.74, 6) is -1.39. The van der Waals surface area contributed by atoms with E-state index in [-0.39, 0.29) is 5.91 Å². The molecule has 0 radical (unpaired) electrons. The third kappa shape index (κ3) is 3.45. The lowest BCUT2D eigenvalue weighted by Gasteiger charge is -2.31. The number of aromatic nitrogens is 3. The number of amides is 1. The van der Waals surface area contributed by atoms with Crippen molar-refractivity contribution in [3.8, 4) is 0 Å². The van der Waals surface area contributed by atoms with Gasteiger partial charge in [-0.3, -0.25) is 9.36 Å². The lowest BCUT2D eigenvalue weighted by Crippen LogP contribution is -2.41. The van der Waals surface area contributed by atoms with Gasteiger partial charge in [0.15, 0.2) is 0 Å². The van der Waals surface area contributed by atoms with Crippen LogP contribution in [0.25, 0.3) is 0 Å². The summed E-state index contributed by atoms with van der Waals surface area (Å²) in [6.07, 6.45) is -3.97. The van der Waals surface area contributed by atoms with Gasteiger partial charge in [-0.15, -0.1) is 16.4 Å². The van der Waals surface area contributed by atoms with Gasteiger partial charge in [0.25, 0.3) is 5.91 Å². The summed E-state index contributed by atoms with van der Waals surface area (Å²) in [4.78, 5) is 26.5. The summed E-state index contributed by atoms with van der Waals surface area (Å²) in [6.45, 7) is 0.673. The van der Waals surface area contributed by atoms with E-state index < -0.39 is 23.7 Å². The van der Waals surface area contributed by atoms with Crippen molar-refractivity contribution < 1.29 is 18.0 Å². The van der Waals surface area contributed by atoms with Gasteiger partial charge in [-0.05, 0) is 25.0 Å². The van der Waals surface area contributed by atoms with Crippen LogP contribution in [0.2, 0.25) is 4.34 Å². The van der Waals surface area contributed by atoms with E-state index in [1.165, 1.54) is 11.3 Å². The number of hydrogen-bond acceptors (Lipinski definition) is 4. The summed E-state index contributed by atoms with van der Waals surface area (Å²) >= 11 is 7.00. The molecule has 0 unspecified atom stereocenters. The quantitative estimate of drug-likeness (QED) is 0.787. The third-order valence-electron chi connectivity index (χ3n) is 4.14. The fraction of sp³-hybridized carbons (Fsp3) is 0.500. The molecule has 136 valence electrons. The zero-order valence-electron chi connectivity index (χ0n) is 13.1. The summed E-state index contributed by atoms with van der Waals surface area (Å²) < 4.78 is 40.5. The maximum atomic E-state index is 12.9. The van der Waals surface area contributed by atoms with E-state index in [2.05, 4.69) is 5.10 Å². The molecule has 2 aromatic rings. The molecular weight excluding hydrogens is 381 g/mol. The first kappa shape index (κ1) is 18.0. The Morgan fingerprint density at radius 2 is 1.96 bits per heavy atom. The smallest absolute Gasteiger partial charge is 0.338 e. The molecular formula is C14H14ClF3N4O2S. The molecule has 11 heteroatoms. The highest BCUT2D eigenvalue weighted by Gasteiger charge is 2.39. The Morgan fingerprint density at radius 3 is 2.44 bits per heavy atom. The molecule has 1 saturated heterocycles. The van der Waals surface area contributed by atoms with Crippen LogP contribution in [-0.4, -0.2) is 38.2 Å². The average Bonchev–Trinajstić information content (AvgIpc) is 3.11. The van der Waals surface area contributed by atoms with Crippen molar-refractivity contribution in [2.45, 2.75) is 25.1 Å². The number of rotatable bonds is 2. The van der Waals surface area contributed by atoms with Gasteiger partial charge in [0, 0.05) is 20.1 Å². The summed E-state index contributed by atoms with van der Waals surface area (Å²) in [6, 6.07) is 2.81. The second-order valence-electron chi connectivity index (χ2n) is 5.73. The van der Waals surface area contributed by atoms with Crippen LogP contribution in [0.1, 0.15) is 34.4 Å². The van der Waals surface area contributed by atoms with E-state index in [0.29, 0.717) is 39.7 Å². The van der Waals surface area contributed by atoms with Crippen LogP contribution in [0.3, 0.4) is 0 Å². The van der Waals surface area contributed by atoms with Crippen molar-refractivity contribution in [1.29, 1.82) is 0 Å². The topological polar surface area (TPSA) is 60.1 Å². The largest absolute Gasteiger partial charge is 0.451 e. The van der Waals surface area contributed by atoms with Crippen LogP contribution in [0.4, 0.5) is 13.2 Å². The first-order chi connectivity index (χ1) is 11.7. The molecule has 3 heterocycles. The van der Waals surface area contributed by atoms with Crippen molar-refractivity contribution in [1.82, 2.24) is 19.2 Å². The lowest BCUT2D eigenvalue weighted by molar-refractivity contribution is -0.147. The molecule has 1 amide bonds. The second-order valence-corrected chi connectivity index (χ2v) is 7.45. The molecule has 0 aromatic carbocycles. The minimum Gasteiger partial charge on any atom is -0.338 e. The highest BCUT2D eigenvalue weighted by molar-refractivity contribution is 7.17. The van der Waals surface area contributed by atoms with Gasteiger partial charge in [0.05, 0.1) is 15.3 Å². The van der Waals surface area contributed by atoms with Gasteiger partial charge >= 0.3 is 11.9 Å². The maximum absolute atomic E-state index is 12.9. The number of piperidine rings is 1. The van der Waals surface area contributed by atoms with Crippen molar-refractivity contribution >= 4 is 28.8 Å². The fourth-order valence-corrected chi connectivity index (χ4v) is 3.85. The molecule has 2 aromatic heterocycles. The normalized spacial score (nSPS) is 16.4. The molecule has 3 rings (SSSR count). The monoisotopic (exact) mass is 394 g/mol. The van der Waals surface area contributed by atoms with Crippen LogP contribution >= 0.6 is 22.9 Å². The van der Waals surface area contributed by atoms with Crippen LogP contribution in [0, 0.1) is 0 Å². The molecule has 0 aliphatic carbocycles.